The Morgan fingerprint density at radius 3 is 2.69 bits per heavy atom. The van der Waals surface area contributed by atoms with Gasteiger partial charge in [-0.3, -0.25) is 4.79 Å². The molecule has 0 atom stereocenters. The predicted molar refractivity (Wildman–Crippen MR) is 108 cm³/mol. The minimum Gasteiger partial charge on any atom is -0.302 e. The van der Waals surface area contributed by atoms with Crippen molar-refractivity contribution in [2.24, 2.45) is 0 Å². The average Bonchev–Trinajstić information content (AvgIpc) is 3.31. The van der Waals surface area contributed by atoms with Crippen LogP contribution in [0.3, 0.4) is 0 Å². The minimum absolute atomic E-state index is 0.145. The molecule has 0 aliphatic carbocycles. The Morgan fingerprint density at radius 2 is 1.93 bits per heavy atom. The molecule has 0 aliphatic rings. The Bertz CT molecular complexity index is 1170. The molecule has 2 heterocycles. The molecule has 8 heteroatoms. The minimum atomic E-state index is -0.934. The first kappa shape index (κ1) is 18.9. The standard InChI is InChI=1S/C21H16F2N4OS/c1-13-20(15-7-8-17(22)18(23)10-15)26-21(29-13)25-19(28)9-14-11-24-27(12-14)16-5-3-2-4-6-16/h2-8,10-12H,9H2,1H3,(H,25,26,28). The summed E-state index contributed by atoms with van der Waals surface area (Å²) in [4.78, 5) is 17.5. The van der Waals surface area contributed by atoms with Crippen LogP contribution in [0.25, 0.3) is 16.9 Å². The normalized spacial score (nSPS) is 10.9. The van der Waals surface area contributed by atoms with Gasteiger partial charge >= 0.3 is 0 Å². The molecule has 4 aromatic rings. The molecule has 0 saturated carbocycles. The molecule has 0 bridgehead atoms. The molecule has 0 saturated heterocycles. The van der Waals surface area contributed by atoms with E-state index in [-0.39, 0.29) is 12.3 Å². The highest BCUT2D eigenvalue weighted by atomic mass is 32.1. The molecule has 29 heavy (non-hydrogen) atoms. The monoisotopic (exact) mass is 410 g/mol. The van der Waals surface area contributed by atoms with Gasteiger partial charge in [0.05, 0.1) is 24.0 Å². The van der Waals surface area contributed by atoms with E-state index in [9.17, 15) is 13.6 Å². The third kappa shape index (κ3) is 4.22. The highest BCUT2D eigenvalue weighted by Crippen LogP contribution is 2.31. The summed E-state index contributed by atoms with van der Waals surface area (Å²) in [6, 6.07) is 13.2. The van der Waals surface area contributed by atoms with Crippen LogP contribution in [0.2, 0.25) is 0 Å². The maximum absolute atomic E-state index is 13.5. The first-order valence-electron chi connectivity index (χ1n) is 8.81. The van der Waals surface area contributed by atoms with Crippen molar-refractivity contribution in [3.8, 4) is 16.9 Å². The Balaban J connectivity index is 1.45. The number of hydrogen-bond acceptors (Lipinski definition) is 4. The molecule has 1 amide bonds. The Labute approximate surface area is 169 Å². The largest absolute Gasteiger partial charge is 0.302 e. The lowest BCUT2D eigenvalue weighted by Gasteiger charge is -2.01. The van der Waals surface area contributed by atoms with Crippen LogP contribution in [0, 0.1) is 18.6 Å². The third-order valence-corrected chi connectivity index (χ3v) is 5.14. The summed E-state index contributed by atoms with van der Waals surface area (Å²) in [5.41, 5.74) is 2.65. The van der Waals surface area contributed by atoms with Gasteiger partial charge in [-0.2, -0.15) is 5.10 Å². The number of benzene rings is 2. The van der Waals surface area contributed by atoms with Crippen LogP contribution >= 0.6 is 11.3 Å². The van der Waals surface area contributed by atoms with Crippen molar-refractivity contribution in [3.63, 3.8) is 0 Å². The van der Waals surface area contributed by atoms with Gasteiger partial charge in [-0.05, 0) is 42.8 Å². The first-order valence-corrected chi connectivity index (χ1v) is 9.63. The van der Waals surface area contributed by atoms with Crippen molar-refractivity contribution in [1.29, 1.82) is 0 Å². The van der Waals surface area contributed by atoms with Crippen molar-refractivity contribution in [2.45, 2.75) is 13.3 Å². The van der Waals surface area contributed by atoms with Crippen molar-refractivity contribution in [1.82, 2.24) is 14.8 Å². The zero-order valence-corrected chi connectivity index (χ0v) is 16.2. The number of para-hydroxylation sites is 1. The predicted octanol–water partition coefficient (Wildman–Crippen LogP) is 4.76. The van der Waals surface area contributed by atoms with Gasteiger partial charge in [0.2, 0.25) is 5.91 Å². The molecule has 2 aromatic heterocycles. The fraction of sp³-hybridized carbons (Fsp3) is 0.0952. The number of carbonyl (C=O) groups is 1. The molecule has 0 unspecified atom stereocenters. The van der Waals surface area contributed by atoms with E-state index < -0.39 is 11.6 Å². The van der Waals surface area contributed by atoms with Crippen LogP contribution in [0.1, 0.15) is 10.4 Å². The van der Waals surface area contributed by atoms with Gasteiger partial charge in [0.15, 0.2) is 16.8 Å². The number of hydrogen-bond donors (Lipinski definition) is 1. The second-order valence-corrected chi connectivity index (χ2v) is 7.61. The van der Waals surface area contributed by atoms with Crippen LogP contribution < -0.4 is 5.32 Å². The number of aromatic nitrogens is 3. The van der Waals surface area contributed by atoms with E-state index in [4.69, 9.17) is 0 Å². The summed E-state index contributed by atoms with van der Waals surface area (Å²) in [5, 5.41) is 7.44. The summed E-state index contributed by atoms with van der Waals surface area (Å²) >= 11 is 1.28. The number of amides is 1. The number of rotatable bonds is 5. The number of anilines is 1. The van der Waals surface area contributed by atoms with E-state index in [2.05, 4.69) is 15.4 Å². The van der Waals surface area contributed by atoms with E-state index >= 15 is 0 Å². The van der Waals surface area contributed by atoms with Gasteiger partial charge in [0.1, 0.15) is 0 Å². The van der Waals surface area contributed by atoms with Crippen LogP contribution in [-0.2, 0) is 11.2 Å². The second-order valence-electron chi connectivity index (χ2n) is 6.41. The molecule has 0 spiro atoms. The summed E-state index contributed by atoms with van der Waals surface area (Å²) in [7, 11) is 0. The summed E-state index contributed by atoms with van der Waals surface area (Å²) in [5.74, 6) is -2.08. The highest BCUT2D eigenvalue weighted by Gasteiger charge is 2.14. The lowest BCUT2D eigenvalue weighted by Crippen LogP contribution is -2.13. The molecular formula is C21H16F2N4OS. The van der Waals surface area contributed by atoms with Crippen molar-refractivity contribution in [2.75, 3.05) is 5.32 Å². The Morgan fingerprint density at radius 1 is 1.14 bits per heavy atom. The van der Waals surface area contributed by atoms with E-state index in [1.165, 1.54) is 17.4 Å². The van der Waals surface area contributed by atoms with Crippen LogP contribution in [0.15, 0.2) is 60.9 Å². The van der Waals surface area contributed by atoms with Crippen molar-refractivity contribution >= 4 is 22.4 Å². The van der Waals surface area contributed by atoms with E-state index in [1.54, 1.807) is 17.1 Å². The zero-order chi connectivity index (χ0) is 20.4. The van der Waals surface area contributed by atoms with E-state index in [1.807, 2.05) is 37.3 Å². The number of nitrogens with zero attached hydrogens (tertiary/aromatic N) is 3. The molecule has 0 fully saturated rings. The fourth-order valence-electron chi connectivity index (χ4n) is 2.88. The van der Waals surface area contributed by atoms with Gasteiger partial charge in [-0.15, -0.1) is 11.3 Å². The van der Waals surface area contributed by atoms with Gasteiger partial charge in [0, 0.05) is 16.6 Å². The van der Waals surface area contributed by atoms with Crippen molar-refractivity contribution < 1.29 is 13.6 Å². The summed E-state index contributed by atoms with van der Waals surface area (Å²) in [6.07, 6.45) is 3.59. The Kier molecular flexibility index (Phi) is 5.18. The molecule has 1 N–H and O–H groups in total. The maximum Gasteiger partial charge on any atom is 0.230 e. The van der Waals surface area contributed by atoms with Crippen LogP contribution in [-0.4, -0.2) is 20.7 Å². The SMILES string of the molecule is Cc1sc(NC(=O)Cc2cnn(-c3ccccc3)c2)nc1-c1ccc(F)c(F)c1. The molecule has 146 valence electrons. The zero-order valence-electron chi connectivity index (χ0n) is 15.4. The fourth-order valence-corrected chi connectivity index (χ4v) is 3.74. The van der Waals surface area contributed by atoms with Gasteiger partial charge in [0.25, 0.3) is 0 Å². The second kappa shape index (κ2) is 7.92. The highest BCUT2D eigenvalue weighted by molar-refractivity contribution is 7.16. The quantitative estimate of drug-likeness (QED) is 0.516. The molecule has 5 nitrogen and oxygen atoms in total. The number of carbonyl (C=O) groups excluding carboxylic acids is 1. The maximum atomic E-state index is 13.5. The molecular weight excluding hydrogens is 394 g/mol. The molecule has 2 aromatic carbocycles. The van der Waals surface area contributed by atoms with E-state index in [0.717, 1.165) is 28.3 Å². The smallest absolute Gasteiger partial charge is 0.230 e. The topological polar surface area (TPSA) is 59.8 Å². The number of aryl methyl sites for hydroxylation is 1. The summed E-state index contributed by atoms with van der Waals surface area (Å²) in [6.45, 7) is 1.81. The first-order chi connectivity index (χ1) is 14.0. The van der Waals surface area contributed by atoms with Crippen LogP contribution in [0.5, 0.6) is 0 Å². The number of nitrogens with one attached hydrogen (secondary N) is 1. The third-order valence-electron chi connectivity index (χ3n) is 4.26. The average molecular weight is 410 g/mol. The number of thiazole rings is 1. The lowest BCUT2D eigenvalue weighted by atomic mass is 10.1. The van der Waals surface area contributed by atoms with E-state index in [0.29, 0.717) is 16.4 Å². The van der Waals surface area contributed by atoms with Gasteiger partial charge < -0.3 is 5.32 Å². The molecule has 4 rings (SSSR count). The Hall–Kier alpha value is -3.39. The van der Waals surface area contributed by atoms with Crippen molar-refractivity contribution in [3.05, 3.63) is 83.0 Å². The van der Waals surface area contributed by atoms with Crippen LogP contribution in [0.4, 0.5) is 13.9 Å². The molecule has 0 aliphatic heterocycles. The summed E-state index contributed by atoms with van der Waals surface area (Å²) < 4.78 is 28.4. The van der Waals surface area contributed by atoms with Gasteiger partial charge in [-0.25, -0.2) is 18.4 Å². The number of halogens is 2. The van der Waals surface area contributed by atoms with Gasteiger partial charge in [-0.1, -0.05) is 18.2 Å². The lowest BCUT2D eigenvalue weighted by molar-refractivity contribution is -0.115. The molecule has 0 radical (unpaired) electrons.